The summed E-state index contributed by atoms with van der Waals surface area (Å²) in [5.41, 5.74) is 3.09. The number of hydrogen-bond acceptors (Lipinski definition) is 4. The summed E-state index contributed by atoms with van der Waals surface area (Å²) in [7, 11) is 0. The molecule has 1 fully saturated rings. The number of halogens is 1. The summed E-state index contributed by atoms with van der Waals surface area (Å²) in [4.78, 5) is 27.0. The van der Waals surface area contributed by atoms with Crippen molar-refractivity contribution in [2.75, 3.05) is 4.90 Å². The van der Waals surface area contributed by atoms with E-state index in [2.05, 4.69) is 5.32 Å². The molecule has 0 bridgehead atoms. The second-order valence-corrected chi connectivity index (χ2v) is 7.90. The Morgan fingerprint density at radius 2 is 1.86 bits per heavy atom. The number of amides is 2. The first-order valence-corrected chi connectivity index (χ1v) is 9.91. The average molecular weight is 429 g/mol. The predicted octanol–water partition coefficient (Wildman–Crippen LogP) is 4.58. The van der Waals surface area contributed by atoms with Crippen LogP contribution in [0.4, 0.5) is 5.69 Å². The van der Waals surface area contributed by atoms with Crippen LogP contribution in [-0.2, 0) is 9.59 Å². The van der Waals surface area contributed by atoms with Gasteiger partial charge in [-0.1, -0.05) is 29.8 Å². The third-order valence-corrected chi connectivity index (χ3v) is 4.92. The van der Waals surface area contributed by atoms with Crippen LogP contribution < -0.4 is 15.0 Å². The van der Waals surface area contributed by atoms with Gasteiger partial charge in [0.1, 0.15) is 11.3 Å². The van der Waals surface area contributed by atoms with Crippen molar-refractivity contribution in [3.05, 3.63) is 63.7 Å². The van der Waals surface area contributed by atoms with E-state index in [4.69, 9.17) is 28.6 Å². The van der Waals surface area contributed by atoms with Crippen molar-refractivity contribution < 1.29 is 14.3 Å². The number of thiocarbonyl (C=S) groups is 1. The molecule has 7 heteroatoms. The van der Waals surface area contributed by atoms with Crippen LogP contribution >= 0.6 is 23.8 Å². The second kappa shape index (κ2) is 8.35. The van der Waals surface area contributed by atoms with Crippen LogP contribution in [0.25, 0.3) is 6.08 Å². The van der Waals surface area contributed by atoms with Crippen molar-refractivity contribution in [2.24, 2.45) is 0 Å². The SMILES string of the molecule is Cc1ccc(C)c(N2C(=O)/C(=C/c3ccc(OC(C)C)c(Cl)c3)C(=O)NC2=S)c1. The van der Waals surface area contributed by atoms with Crippen molar-refractivity contribution in [2.45, 2.75) is 33.8 Å². The lowest BCUT2D eigenvalue weighted by molar-refractivity contribution is -0.122. The van der Waals surface area contributed by atoms with Crippen molar-refractivity contribution in [3.8, 4) is 5.75 Å². The Labute approximate surface area is 180 Å². The van der Waals surface area contributed by atoms with E-state index >= 15 is 0 Å². The minimum absolute atomic E-state index is 0.0189. The van der Waals surface area contributed by atoms with Crippen LogP contribution in [0.1, 0.15) is 30.5 Å². The summed E-state index contributed by atoms with van der Waals surface area (Å²) >= 11 is 11.5. The Morgan fingerprint density at radius 3 is 2.52 bits per heavy atom. The van der Waals surface area contributed by atoms with Gasteiger partial charge in [-0.3, -0.25) is 19.8 Å². The van der Waals surface area contributed by atoms with Crippen LogP contribution in [0.15, 0.2) is 42.0 Å². The summed E-state index contributed by atoms with van der Waals surface area (Å²) in [6, 6.07) is 10.8. The van der Waals surface area contributed by atoms with Gasteiger partial charge in [-0.25, -0.2) is 0 Å². The van der Waals surface area contributed by atoms with Gasteiger partial charge in [0.2, 0.25) is 0 Å². The number of carbonyl (C=O) groups is 2. The number of nitrogens with zero attached hydrogens (tertiary/aromatic N) is 1. The van der Waals surface area contributed by atoms with E-state index in [1.165, 1.54) is 11.0 Å². The Balaban J connectivity index is 1.99. The molecule has 2 amide bonds. The molecule has 0 atom stereocenters. The third-order valence-electron chi connectivity index (χ3n) is 4.34. The number of benzene rings is 2. The lowest BCUT2D eigenvalue weighted by Crippen LogP contribution is -2.54. The van der Waals surface area contributed by atoms with Crippen molar-refractivity contribution >= 4 is 52.5 Å². The van der Waals surface area contributed by atoms with Gasteiger partial charge in [0, 0.05) is 0 Å². The second-order valence-electron chi connectivity index (χ2n) is 7.10. The fourth-order valence-corrected chi connectivity index (χ4v) is 3.47. The number of rotatable bonds is 4. The molecule has 0 unspecified atom stereocenters. The number of aryl methyl sites for hydroxylation is 2. The monoisotopic (exact) mass is 428 g/mol. The first-order chi connectivity index (χ1) is 13.7. The molecule has 2 aromatic rings. The van der Waals surface area contributed by atoms with E-state index in [1.807, 2.05) is 45.9 Å². The molecule has 0 spiro atoms. The average Bonchev–Trinajstić information content (AvgIpc) is 2.63. The maximum atomic E-state index is 13.2. The summed E-state index contributed by atoms with van der Waals surface area (Å²) in [6.45, 7) is 7.63. The molecule has 1 heterocycles. The minimum Gasteiger partial charge on any atom is -0.489 e. The number of nitrogens with one attached hydrogen (secondary N) is 1. The highest BCUT2D eigenvalue weighted by atomic mass is 35.5. The Hall–Kier alpha value is -2.70. The third kappa shape index (κ3) is 4.49. The first-order valence-electron chi connectivity index (χ1n) is 9.12. The highest BCUT2D eigenvalue weighted by Crippen LogP contribution is 2.29. The molecular formula is C22H21ClN2O3S. The zero-order valence-corrected chi connectivity index (χ0v) is 18.1. The van der Waals surface area contributed by atoms with E-state index in [0.717, 1.165) is 11.1 Å². The van der Waals surface area contributed by atoms with Crippen molar-refractivity contribution in [3.63, 3.8) is 0 Å². The predicted molar refractivity (Wildman–Crippen MR) is 119 cm³/mol. The van der Waals surface area contributed by atoms with Crippen LogP contribution in [0.5, 0.6) is 5.75 Å². The summed E-state index contributed by atoms with van der Waals surface area (Å²) in [5.74, 6) is -0.479. The van der Waals surface area contributed by atoms with Gasteiger partial charge in [0.05, 0.1) is 16.8 Å². The van der Waals surface area contributed by atoms with Gasteiger partial charge in [0.15, 0.2) is 5.11 Å². The fourth-order valence-electron chi connectivity index (χ4n) is 2.96. The summed E-state index contributed by atoms with van der Waals surface area (Å²) < 4.78 is 5.62. The van der Waals surface area contributed by atoms with Gasteiger partial charge >= 0.3 is 0 Å². The number of anilines is 1. The molecule has 3 rings (SSSR count). The van der Waals surface area contributed by atoms with Crippen LogP contribution in [0, 0.1) is 13.8 Å². The molecule has 0 radical (unpaired) electrons. The Morgan fingerprint density at radius 1 is 1.14 bits per heavy atom. The van der Waals surface area contributed by atoms with Crippen molar-refractivity contribution in [1.82, 2.24) is 5.32 Å². The normalized spacial score (nSPS) is 15.9. The molecule has 0 aromatic heterocycles. The number of ether oxygens (including phenoxy) is 1. The molecule has 1 aliphatic rings. The maximum Gasteiger partial charge on any atom is 0.270 e. The first kappa shape index (κ1) is 21.0. The fraction of sp³-hybridized carbons (Fsp3) is 0.227. The van der Waals surface area contributed by atoms with Crippen molar-refractivity contribution in [1.29, 1.82) is 0 Å². The number of hydrogen-bond donors (Lipinski definition) is 1. The highest BCUT2D eigenvalue weighted by Gasteiger charge is 2.35. The zero-order chi connectivity index (χ0) is 21.3. The minimum atomic E-state index is -0.541. The van der Waals surface area contributed by atoms with E-state index in [9.17, 15) is 9.59 Å². The van der Waals surface area contributed by atoms with Gasteiger partial charge in [-0.2, -0.15) is 0 Å². The molecule has 0 aliphatic carbocycles. The standard InChI is InChI=1S/C22H21ClN2O3S/c1-12(2)28-19-8-7-15(11-17(19)23)10-16-20(26)24-22(29)25(21(16)27)18-9-13(3)5-6-14(18)4/h5-12H,1-4H3,(H,24,26,29)/b16-10+. The summed E-state index contributed by atoms with van der Waals surface area (Å²) in [5, 5.41) is 3.06. The van der Waals surface area contributed by atoms with Gasteiger partial charge in [-0.15, -0.1) is 0 Å². The maximum absolute atomic E-state index is 13.2. The van der Waals surface area contributed by atoms with Gasteiger partial charge in [0.25, 0.3) is 11.8 Å². The molecule has 150 valence electrons. The molecule has 1 N–H and O–H groups in total. The van der Waals surface area contributed by atoms with Crippen LogP contribution in [-0.4, -0.2) is 23.0 Å². The zero-order valence-electron chi connectivity index (χ0n) is 16.6. The summed E-state index contributed by atoms with van der Waals surface area (Å²) in [6.07, 6.45) is 1.48. The largest absolute Gasteiger partial charge is 0.489 e. The quantitative estimate of drug-likeness (QED) is 0.440. The molecule has 1 aliphatic heterocycles. The lowest BCUT2D eigenvalue weighted by atomic mass is 10.0. The van der Waals surface area contributed by atoms with E-state index in [1.54, 1.807) is 18.2 Å². The van der Waals surface area contributed by atoms with Gasteiger partial charge < -0.3 is 4.74 Å². The van der Waals surface area contributed by atoms with E-state index in [-0.39, 0.29) is 16.8 Å². The Bertz CT molecular complexity index is 1050. The van der Waals surface area contributed by atoms with Crippen LogP contribution in [0.3, 0.4) is 0 Å². The lowest BCUT2D eigenvalue weighted by Gasteiger charge is -2.30. The molecule has 2 aromatic carbocycles. The van der Waals surface area contributed by atoms with E-state index in [0.29, 0.717) is 22.0 Å². The molecule has 1 saturated heterocycles. The Kier molecular flexibility index (Phi) is 6.05. The topological polar surface area (TPSA) is 58.6 Å². The van der Waals surface area contributed by atoms with Crippen LogP contribution in [0.2, 0.25) is 5.02 Å². The molecule has 0 saturated carbocycles. The van der Waals surface area contributed by atoms with Gasteiger partial charge in [-0.05, 0) is 80.9 Å². The highest BCUT2D eigenvalue weighted by molar-refractivity contribution is 7.80. The molecule has 29 heavy (non-hydrogen) atoms. The number of carbonyl (C=O) groups excluding carboxylic acids is 2. The molecule has 5 nitrogen and oxygen atoms in total. The molecular weight excluding hydrogens is 408 g/mol. The smallest absolute Gasteiger partial charge is 0.270 e. The van der Waals surface area contributed by atoms with E-state index < -0.39 is 11.8 Å².